The summed E-state index contributed by atoms with van der Waals surface area (Å²) in [6.07, 6.45) is -0.746. The van der Waals surface area contributed by atoms with Crippen LogP contribution in [0.4, 0.5) is 0 Å². The minimum Gasteiger partial charge on any atom is -0.497 e. The highest BCUT2D eigenvalue weighted by Gasteiger charge is 2.17. The Kier molecular flexibility index (Phi) is 5.16. The standard InChI is InChI=1S/C21H20O6/c1-12-17-11-16(26-13(2)20(22)25-4)9-10-18(17)27-21(23)19(12)14-5-7-15(24-3)8-6-14/h5-11,13H,1-4H3/t13-/m1/s1. The van der Waals surface area contributed by atoms with Crippen LogP contribution in [0, 0.1) is 6.92 Å². The van der Waals surface area contributed by atoms with Crippen molar-refractivity contribution in [2.24, 2.45) is 0 Å². The Morgan fingerprint density at radius 1 is 1.04 bits per heavy atom. The molecule has 3 aromatic rings. The van der Waals surface area contributed by atoms with Crippen molar-refractivity contribution in [3.05, 3.63) is 58.4 Å². The smallest absolute Gasteiger partial charge is 0.346 e. The zero-order chi connectivity index (χ0) is 19.6. The van der Waals surface area contributed by atoms with E-state index in [0.717, 1.165) is 16.5 Å². The topological polar surface area (TPSA) is 75.0 Å². The highest BCUT2D eigenvalue weighted by atomic mass is 16.6. The van der Waals surface area contributed by atoms with Gasteiger partial charge in [0, 0.05) is 5.39 Å². The quantitative estimate of drug-likeness (QED) is 0.505. The number of benzene rings is 2. The van der Waals surface area contributed by atoms with E-state index in [1.807, 2.05) is 19.1 Å². The first-order valence-corrected chi connectivity index (χ1v) is 8.41. The third-order valence-electron chi connectivity index (χ3n) is 4.36. The maximum Gasteiger partial charge on any atom is 0.346 e. The van der Waals surface area contributed by atoms with Gasteiger partial charge in [-0.25, -0.2) is 9.59 Å². The van der Waals surface area contributed by atoms with Crippen molar-refractivity contribution in [3.63, 3.8) is 0 Å². The summed E-state index contributed by atoms with van der Waals surface area (Å²) in [7, 11) is 2.89. The van der Waals surface area contributed by atoms with Crippen molar-refractivity contribution < 1.29 is 23.4 Å². The molecule has 0 saturated carbocycles. The lowest BCUT2D eigenvalue weighted by molar-refractivity contribution is -0.147. The van der Waals surface area contributed by atoms with E-state index >= 15 is 0 Å². The fourth-order valence-corrected chi connectivity index (χ4v) is 2.91. The number of hydrogen-bond donors (Lipinski definition) is 0. The van der Waals surface area contributed by atoms with Crippen molar-refractivity contribution in [1.29, 1.82) is 0 Å². The molecule has 0 aliphatic heterocycles. The Bertz CT molecular complexity index is 1030. The molecule has 1 atom stereocenters. The molecule has 140 valence electrons. The molecule has 6 heteroatoms. The summed E-state index contributed by atoms with van der Waals surface area (Å²) in [5.74, 6) is 0.720. The zero-order valence-electron chi connectivity index (χ0n) is 15.6. The fourth-order valence-electron chi connectivity index (χ4n) is 2.91. The van der Waals surface area contributed by atoms with Gasteiger partial charge in [-0.1, -0.05) is 12.1 Å². The maximum absolute atomic E-state index is 12.5. The highest BCUT2D eigenvalue weighted by molar-refractivity contribution is 5.87. The second kappa shape index (κ2) is 7.53. The molecule has 0 amide bonds. The van der Waals surface area contributed by atoms with Crippen molar-refractivity contribution >= 4 is 16.9 Å². The van der Waals surface area contributed by atoms with Gasteiger partial charge in [-0.05, 0) is 55.3 Å². The molecule has 0 bridgehead atoms. The van der Waals surface area contributed by atoms with Crippen LogP contribution < -0.4 is 15.1 Å². The van der Waals surface area contributed by atoms with Crippen LogP contribution in [0.3, 0.4) is 0 Å². The lowest BCUT2D eigenvalue weighted by Gasteiger charge is -2.14. The molecular weight excluding hydrogens is 348 g/mol. The van der Waals surface area contributed by atoms with Crippen molar-refractivity contribution in [2.45, 2.75) is 20.0 Å². The van der Waals surface area contributed by atoms with E-state index in [1.165, 1.54) is 7.11 Å². The van der Waals surface area contributed by atoms with Crippen LogP contribution in [0.1, 0.15) is 12.5 Å². The molecule has 0 radical (unpaired) electrons. The number of esters is 1. The Morgan fingerprint density at radius 3 is 2.33 bits per heavy atom. The second-order valence-electron chi connectivity index (χ2n) is 6.06. The fraction of sp³-hybridized carbons (Fsp3) is 0.238. The summed E-state index contributed by atoms with van der Waals surface area (Å²) in [5.41, 5.74) is 2.01. The molecule has 6 nitrogen and oxygen atoms in total. The third kappa shape index (κ3) is 3.65. The van der Waals surface area contributed by atoms with E-state index in [4.69, 9.17) is 13.9 Å². The zero-order valence-corrected chi connectivity index (χ0v) is 15.6. The molecule has 0 unspecified atom stereocenters. The molecule has 1 aromatic heterocycles. The molecule has 1 heterocycles. The number of methoxy groups -OCH3 is 2. The number of ether oxygens (including phenoxy) is 3. The molecule has 3 rings (SSSR count). The normalized spacial score (nSPS) is 11.9. The first-order chi connectivity index (χ1) is 12.9. The van der Waals surface area contributed by atoms with Crippen LogP contribution in [0.2, 0.25) is 0 Å². The van der Waals surface area contributed by atoms with Gasteiger partial charge in [0.25, 0.3) is 0 Å². The number of rotatable bonds is 5. The largest absolute Gasteiger partial charge is 0.497 e. The molecule has 0 fully saturated rings. The van der Waals surface area contributed by atoms with Gasteiger partial charge in [-0.15, -0.1) is 0 Å². The monoisotopic (exact) mass is 368 g/mol. The van der Waals surface area contributed by atoms with E-state index in [0.29, 0.717) is 22.6 Å². The van der Waals surface area contributed by atoms with Gasteiger partial charge in [0.05, 0.1) is 19.8 Å². The van der Waals surface area contributed by atoms with Gasteiger partial charge >= 0.3 is 11.6 Å². The van der Waals surface area contributed by atoms with Crippen LogP contribution in [-0.4, -0.2) is 26.3 Å². The Morgan fingerprint density at radius 2 is 1.70 bits per heavy atom. The van der Waals surface area contributed by atoms with Crippen molar-refractivity contribution in [3.8, 4) is 22.6 Å². The predicted molar refractivity (Wildman–Crippen MR) is 101 cm³/mol. The minimum atomic E-state index is -0.746. The molecule has 0 aliphatic carbocycles. The summed E-state index contributed by atoms with van der Waals surface area (Å²) in [4.78, 5) is 24.1. The summed E-state index contributed by atoms with van der Waals surface area (Å²) in [6.45, 7) is 3.46. The lowest BCUT2D eigenvalue weighted by atomic mass is 9.99. The van der Waals surface area contributed by atoms with E-state index in [1.54, 1.807) is 44.4 Å². The SMILES string of the molecule is COC(=O)[C@@H](C)Oc1ccc2oc(=O)c(-c3ccc(OC)cc3)c(C)c2c1. The number of fused-ring (bicyclic) bond motifs is 1. The van der Waals surface area contributed by atoms with E-state index in [-0.39, 0.29) is 0 Å². The summed E-state index contributed by atoms with van der Waals surface area (Å²) in [6, 6.07) is 12.2. The second-order valence-corrected chi connectivity index (χ2v) is 6.06. The number of carbonyl (C=O) groups is 1. The number of carbonyl (C=O) groups excluding carboxylic acids is 1. The average molecular weight is 368 g/mol. The first-order valence-electron chi connectivity index (χ1n) is 8.41. The van der Waals surface area contributed by atoms with Gasteiger partial charge < -0.3 is 18.6 Å². The van der Waals surface area contributed by atoms with E-state index in [2.05, 4.69) is 4.74 Å². The Balaban J connectivity index is 2.07. The number of hydrogen-bond acceptors (Lipinski definition) is 6. The van der Waals surface area contributed by atoms with Gasteiger partial charge in [0.1, 0.15) is 17.1 Å². The van der Waals surface area contributed by atoms with Crippen LogP contribution in [-0.2, 0) is 9.53 Å². The summed E-state index contributed by atoms with van der Waals surface area (Å²) < 4.78 is 20.9. The molecule has 2 aromatic carbocycles. The van der Waals surface area contributed by atoms with Crippen molar-refractivity contribution in [1.82, 2.24) is 0 Å². The maximum atomic E-state index is 12.5. The van der Waals surface area contributed by atoms with Crippen LogP contribution in [0.5, 0.6) is 11.5 Å². The Labute approximate surface area is 156 Å². The summed E-state index contributed by atoms with van der Waals surface area (Å²) in [5, 5.41) is 0.731. The molecule has 0 spiro atoms. The Hall–Kier alpha value is -3.28. The van der Waals surface area contributed by atoms with Gasteiger partial charge in [0.2, 0.25) is 0 Å². The minimum absolute atomic E-state index is 0.415. The van der Waals surface area contributed by atoms with Crippen LogP contribution in [0.15, 0.2) is 51.7 Å². The molecule has 0 N–H and O–H groups in total. The van der Waals surface area contributed by atoms with Crippen LogP contribution >= 0.6 is 0 Å². The van der Waals surface area contributed by atoms with Gasteiger partial charge in [-0.3, -0.25) is 0 Å². The highest BCUT2D eigenvalue weighted by Crippen LogP contribution is 2.30. The molecule has 0 aliphatic rings. The molecule has 0 saturated heterocycles. The molecular formula is C21H20O6. The third-order valence-corrected chi connectivity index (χ3v) is 4.36. The first kappa shape index (κ1) is 18.5. The van der Waals surface area contributed by atoms with Gasteiger partial charge in [-0.2, -0.15) is 0 Å². The molecule has 27 heavy (non-hydrogen) atoms. The van der Waals surface area contributed by atoms with E-state index in [9.17, 15) is 9.59 Å². The van der Waals surface area contributed by atoms with E-state index < -0.39 is 17.7 Å². The van der Waals surface area contributed by atoms with Crippen LogP contribution in [0.25, 0.3) is 22.1 Å². The number of aryl methyl sites for hydroxylation is 1. The van der Waals surface area contributed by atoms with Crippen molar-refractivity contribution in [2.75, 3.05) is 14.2 Å². The lowest BCUT2D eigenvalue weighted by Crippen LogP contribution is -2.24. The van der Waals surface area contributed by atoms with Gasteiger partial charge in [0.15, 0.2) is 6.10 Å². The average Bonchev–Trinajstić information content (AvgIpc) is 2.68. The predicted octanol–water partition coefficient (Wildman–Crippen LogP) is 3.72. The summed E-state index contributed by atoms with van der Waals surface area (Å²) >= 11 is 0.